The number of pyridine rings is 1. The molecule has 0 bridgehead atoms. The first kappa shape index (κ1) is 22.3. The van der Waals surface area contributed by atoms with Gasteiger partial charge in [-0.1, -0.05) is 60.7 Å². The zero-order valence-electron chi connectivity index (χ0n) is 18.6. The number of hydrogen-bond acceptors (Lipinski definition) is 4. The van der Waals surface area contributed by atoms with Gasteiger partial charge in [-0.3, -0.25) is 9.78 Å². The Morgan fingerprint density at radius 2 is 1.65 bits per heavy atom. The van der Waals surface area contributed by atoms with Gasteiger partial charge in [-0.25, -0.2) is 8.42 Å². The second-order valence-electron chi connectivity index (χ2n) is 8.41. The van der Waals surface area contributed by atoms with Crippen LogP contribution in [0.15, 0.2) is 96.0 Å². The number of nitrogens with one attached hydrogen (secondary N) is 1. The van der Waals surface area contributed by atoms with Crippen LogP contribution in [0.1, 0.15) is 16.8 Å². The molecule has 5 rings (SSSR count). The lowest BCUT2D eigenvalue weighted by molar-refractivity contribution is -0.125. The molecule has 0 aliphatic carbocycles. The molecule has 1 atom stereocenters. The van der Waals surface area contributed by atoms with E-state index in [2.05, 4.69) is 10.3 Å². The zero-order chi connectivity index (χ0) is 23.5. The van der Waals surface area contributed by atoms with E-state index in [0.717, 1.165) is 27.6 Å². The van der Waals surface area contributed by atoms with Gasteiger partial charge in [0.25, 0.3) is 0 Å². The highest BCUT2D eigenvalue weighted by atomic mass is 32.2. The van der Waals surface area contributed by atoms with Gasteiger partial charge < -0.3 is 5.32 Å². The predicted octanol–water partition coefficient (Wildman–Crippen LogP) is 3.71. The van der Waals surface area contributed by atoms with Crippen LogP contribution in [0.4, 0.5) is 0 Å². The van der Waals surface area contributed by atoms with Crippen LogP contribution in [-0.2, 0) is 34.2 Å². The summed E-state index contributed by atoms with van der Waals surface area (Å²) in [5.74, 6) is -0.296. The summed E-state index contributed by atoms with van der Waals surface area (Å²) in [4.78, 5) is 17.7. The highest BCUT2D eigenvalue weighted by Crippen LogP contribution is 2.30. The van der Waals surface area contributed by atoms with Crippen molar-refractivity contribution in [1.82, 2.24) is 14.6 Å². The second-order valence-corrected chi connectivity index (χ2v) is 10.3. The smallest absolute Gasteiger partial charge is 0.244 e. The lowest BCUT2D eigenvalue weighted by atomic mass is 9.95. The number of fused-ring (bicyclic) bond motifs is 2. The number of carbonyl (C=O) groups excluding carboxylic acids is 1. The van der Waals surface area contributed by atoms with Crippen LogP contribution in [0.2, 0.25) is 0 Å². The van der Waals surface area contributed by atoms with Gasteiger partial charge in [0, 0.05) is 31.4 Å². The Morgan fingerprint density at radius 3 is 2.44 bits per heavy atom. The van der Waals surface area contributed by atoms with Crippen molar-refractivity contribution in [2.45, 2.75) is 30.3 Å². The van der Waals surface area contributed by atoms with Gasteiger partial charge in [0.15, 0.2) is 0 Å². The van der Waals surface area contributed by atoms with Crippen molar-refractivity contribution >= 4 is 26.7 Å². The van der Waals surface area contributed by atoms with Gasteiger partial charge in [0.1, 0.15) is 6.04 Å². The SMILES string of the molecule is O=C(NCCc1ccccn1)[C@@H]1Cc2ccccc2CN1S(=O)(=O)c1ccc2ccccc2c1. The number of benzene rings is 3. The third kappa shape index (κ3) is 4.44. The molecule has 2 heterocycles. The summed E-state index contributed by atoms with van der Waals surface area (Å²) in [5.41, 5.74) is 2.79. The van der Waals surface area contributed by atoms with Crippen molar-refractivity contribution in [3.8, 4) is 0 Å². The molecule has 0 saturated heterocycles. The number of carbonyl (C=O) groups is 1. The lowest BCUT2D eigenvalue weighted by Gasteiger charge is -2.35. The number of rotatable bonds is 6. The normalized spacial score (nSPS) is 16.2. The predicted molar refractivity (Wildman–Crippen MR) is 132 cm³/mol. The fraction of sp³-hybridized carbons (Fsp3) is 0.185. The Morgan fingerprint density at radius 1 is 0.912 bits per heavy atom. The third-order valence-corrected chi connectivity index (χ3v) is 8.09. The summed E-state index contributed by atoms with van der Waals surface area (Å²) in [6.07, 6.45) is 2.62. The van der Waals surface area contributed by atoms with Gasteiger partial charge in [-0.05, 0) is 52.6 Å². The minimum absolute atomic E-state index is 0.156. The minimum Gasteiger partial charge on any atom is -0.354 e. The largest absolute Gasteiger partial charge is 0.354 e. The molecule has 1 amide bonds. The average Bonchev–Trinajstić information content (AvgIpc) is 2.88. The maximum Gasteiger partial charge on any atom is 0.244 e. The summed E-state index contributed by atoms with van der Waals surface area (Å²) < 4.78 is 28.9. The Balaban J connectivity index is 1.44. The van der Waals surface area contributed by atoms with E-state index in [9.17, 15) is 13.2 Å². The van der Waals surface area contributed by atoms with E-state index in [1.807, 2.05) is 72.8 Å². The average molecular weight is 472 g/mol. The molecule has 0 fully saturated rings. The van der Waals surface area contributed by atoms with Gasteiger partial charge in [-0.2, -0.15) is 4.31 Å². The summed E-state index contributed by atoms with van der Waals surface area (Å²) in [5, 5.41) is 4.74. The molecular formula is C27H25N3O3S. The Labute approximate surface area is 199 Å². The molecule has 7 heteroatoms. The van der Waals surface area contributed by atoms with E-state index in [0.29, 0.717) is 19.4 Å². The molecule has 1 aliphatic rings. The monoisotopic (exact) mass is 471 g/mol. The molecule has 0 spiro atoms. The quantitative estimate of drug-likeness (QED) is 0.465. The topological polar surface area (TPSA) is 79.4 Å². The highest BCUT2D eigenvalue weighted by Gasteiger charge is 2.39. The van der Waals surface area contributed by atoms with Crippen molar-refractivity contribution in [3.05, 3.63) is 108 Å². The highest BCUT2D eigenvalue weighted by molar-refractivity contribution is 7.89. The summed E-state index contributed by atoms with van der Waals surface area (Å²) in [6.45, 7) is 0.543. The molecule has 3 aromatic carbocycles. The molecule has 34 heavy (non-hydrogen) atoms. The summed E-state index contributed by atoms with van der Waals surface area (Å²) in [7, 11) is -3.91. The van der Waals surface area contributed by atoms with Crippen molar-refractivity contribution < 1.29 is 13.2 Å². The van der Waals surface area contributed by atoms with Gasteiger partial charge in [0.05, 0.1) is 4.90 Å². The van der Waals surface area contributed by atoms with E-state index in [4.69, 9.17) is 0 Å². The second kappa shape index (κ2) is 9.37. The van der Waals surface area contributed by atoms with Crippen LogP contribution >= 0.6 is 0 Å². The fourth-order valence-corrected chi connectivity index (χ4v) is 6.02. The van der Waals surface area contributed by atoms with Crippen LogP contribution in [0.25, 0.3) is 10.8 Å². The lowest BCUT2D eigenvalue weighted by Crippen LogP contribution is -2.52. The molecule has 1 aromatic heterocycles. The Bertz CT molecular complexity index is 1440. The van der Waals surface area contributed by atoms with Gasteiger partial charge >= 0.3 is 0 Å². The first-order valence-electron chi connectivity index (χ1n) is 11.3. The molecule has 6 nitrogen and oxygen atoms in total. The van der Waals surface area contributed by atoms with Crippen molar-refractivity contribution in [2.75, 3.05) is 6.54 Å². The molecule has 0 unspecified atom stereocenters. The van der Waals surface area contributed by atoms with E-state index in [1.165, 1.54) is 4.31 Å². The summed E-state index contributed by atoms with van der Waals surface area (Å²) >= 11 is 0. The van der Waals surface area contributed by atoms with Gasteiger partial charge in [0.2, 0.25) is 15.9 Å². The van der Waals surface area contributed by atoms with E-state index < -0.39 is 16.1 Å². The maximum atomic E-state index is 13.8. The zero-order valence-corrected chi connectivity index (χ0v) is 19.4. The van der Waals surface area contributed by atoms with Crippen molar-refractivity contribution in [3.63, 3.8) is 0 Å². The Kier molecular flexibility index (Phi) is 6.13. The van der Waals surface area contributed by atoms with Crippen molar-refractivity contribution in [1.29, 1.82) is 0 Å². The first-order valence-corrected chi connectivity index (χ1v) is 12.7. The van der Waals surface area contributed by atoms with E-state index in [-0.39, 0.29) is 17.3 Å². The molecule has 0 saturated carbocycles. The van der Waals surface area contributed by atoms with Crippen molar-refractivity contribution in [2.24, 2.45) is 0 Å². The van der Waals surface area contributed by atoms with Crippen LogP contribution in [0.5, 0.6) is 0 Å². The summed E-state index contributed by atoms with van der Waals surface area (Å²) in [6, 6.07) is 25.3. The number of aromatic nitrogens is 1. The van der Waals surface area contributed by atoms with Crippen LogP contribution in [0.3, 0.4) is 0 Å². The molecule has 1 aliphatic heterocycles. The number of sulfonamides is 1. The van der Waals surface area contributed by atoms with Crippen LogP contribution < -0.4 is 5.32 Å². The third-order valence-electron chi connectivity index (χ3n) is 6.24. The molecule has 0 radical (unpaired) electrons. The number of hydrogen-bond donors (Lipinski definition) is 1. The molecular weight excluding hydrogens is 446 g/mol. The minimum atomic E-state index is -3.91. The first-order chi connectivity index (χ1) is 16.5. The number of amides is 1. The van der Waals surface area contributed by atoms with Crippen LogP contribution in [0, 0.1) is 0 Å². The molecule has 1 N–H and O–H groups in total. The van der Waals surface area contributed by atoms with E-state index >= 15 is 0 Å². The number of nitrogens with zero attached hydrogens (tertiary/aromatic N) is 2. The van der Waals surface area contributed by atoms with E-state index in [1.54, 1.807) is 18.3 Å². The Hall–Kier alpha value is -3.55. The van der Waals surface area contributed by atoms with Gasteiger partial charge in [-0.15, -0.1) is 0 Å². The van der Waals surface area contributed by atoms with Crippen LogP contribution in [-0.4, -0.2) is 36.2 Å². The standard InChI is InChI=1S/C27H25N3O3S/c31-27(29-16-14-24-11-5-6-15-28-24)26-18-22-9-3-4-10-23(22)19-30(26)34(32,33)25-13-12-20-7-1-2-8-21(20)17-25/h1-13,15,17,26H,14,16,18-19H2,(H,29,31)/t26-/m0/s1. The fourth-order valence-electron chi connectivity index (χ4n) is 4.42. The molecule has 172 valence electrons. The maximum absolute atomic E-state index is 13.8. The molecule has 4 aromatic rings.